The summed E-state index contributed by atoms with van der Waals surface area (Å²) in [6, 6.07) is 19.2. The van der Waals surface area contributed by atoms with Crippen LogP contribution in [0.15, 0.2) is 54.6 Å². The molecule has 0 spiro atoms. The SMILES string of the molecule is O=C(O)C1CN(Cc2ccc(CCc3ccccc3)cc2)C1. The zero-order valence-electron chi connectivity index (χ0n) is 12.6. The molecule has 0 aliphatic carbocycles. The molecule has 3 nitrogen and oxygen atoms in total. The van der Waals surface area contributed by atoms with Crippen LogP contribution in [0.25, 0.3) is 0 Å². The Morgan fingerprint density at radius 2 is 1.45 bits per heavy atom. The van der Waals surface area contributed by atoms with Gasteiger partial charge in [-0.2, -0.15) is 0 Å². The second-order valence-corrected chi connectivity index (χ2v) is 6.03. The number of hydrogen-bond acceptors (Lipinski definition) is 2. The summed E-state index contributed by atoms with van der Waals surface area (Å²) in [5.74, 6) is -0.849. The number of carboxylic acids is 1. The fourth-order valence-corrected chi connectivity index (χ4v) is 2.86. The third-order valence-electron chi connectivity index (χ3n) is 4.28. The highest BCUT2D eigenvalue weighted by Gasteiger charge is 2.31. The van der Waals surface area contributed by atoms with E-state index < -0.39 is 5.97 Å². The first-order chi connectivity index (χ1) is 10.7. The summed E-state index contributed by atoms with van der Waals surface area (Å²) in [4.78, 5) is 13.0. The molecule has 0 amide bonds. The first-order valence-electron chi connectivity index (χ1n) is 7.77. The van der Waals surface area contributed by atoms with Gasteiger partial charge in [0.25, 0.3) is 0 Å². The average molecular weight is 295 g/mol. The Morgan fingerprint density at radius 3 is 2.05 bits per heavy atom. The number of aliphatic carboxylic acids is 1. The van der Waals surface area contributed by atoms with Gasteiger partial charge in [0, 0.05) is 19.6 Å². The molecule has 114 valence electrons. The van der Waals surface area contributed by atoms with Crippen LogP contribution in [-0.4, -0.2) is 29.1 Å². The van der Waals surface area contributed by atoms with Gasteiger partial charge in [-0.25, -0.2) is 0 Å². The van der Waals surface area contributed by atoms with Crippen LogP contribution >= 0.6 is 0 Å². The normalized spacial score (nSPS) is 15.5. The van der Waals surface area contributed by atoms with E-state index in [1.54, 1.807) is 0 Å². The Morgan fingerprint density at radius 1 is 0.909 bits per heavy atom. The van der Waals surface area contributed by atoms with Crippen LogP contribution in [0.5, 0.6) is 0 Å². The first kappa shape index (κ1) is 14.8. The molecule has 0 atom stereocenters. The molecule has 3 heteroatoms. The maximum absolute atomic E-state index is 10.8. The van der Waals surface area contributed by atoms with Gasteiger partial charge >= 0.3 is 5.97 Å². The van der Waals surface area contributed by atoms with Crippen molar-refractivity contribution in [2.75, 3.05) is 13.1 Å². The lowest BCUT2D eigenvalue weighted by Gasteiger charge is -2.36. The van der Waals surface area contributed by atoms with E-state index in [0.717, 1.165) is 19.4 Å². The number of carbonyl (C=O) groups is 1. The van der Waals surface area contributed by atoms with Crippen molar-refractivity contribution in [3.8, 4) is 0 Å². The van der Waals surface area contributed by atoms with Crippen molar-refractivity contribution < 1.29 is 9.90 Å². The minimum absolute atomic E-state index is 0.176. The zero-order chi connectivity index (χ0) is 15.4. The van der Waals surface area contributed by atoms with Crippen molar-refractivity contribution in [3.05, 3.63) is 71.3 Å². The maximum atomic E-state index is 10.8. The molecule has 22 heavy (non-hydrogen) atoms. The summed E-state index contributed by atoms with van der Waals surface area (Å²) in [7, 11) is 0. The van der Waals surface area contributed by atoms with Gasteiger partial charge in [-0.3, -0.25) is 9.69 Å². The summed E-state index contributed by atoms with van der Waals surface area (Å²) >= 11 is 0. The number of benzene rings is 2. The molecule has 1 aliphatic heterocycles. The molecule has 2 aromatic carbocycles. The van der Waals surface area contributed by atoms with Gasteiger partial charge in [0.2, 0.25) is 0 Å². The average Bonchev–Trinajstić information content (AvgIpc) is 2.50. The molecule has 1 aliphatic rings. The third-order valence-corrected chi connectivity index (χ3v) is 4.28. The van der Waals surface area contributed by atoms with Gasteiger partial charge < -0.3 is 5.11 Å². The molecule has 0 bridgehead atoms. The topological polar surface area (TPSA) is 40.5 Å². The minimum atomic E-state index is -0.674. The second-order valence-electron chi connectivity index (χ2n) is 6.03. The molecule has 0 unspecified atom stereocenters. The van der Waals surface area contributed by atoms with E-state index in [4.69, 9.17) is 5.11 Å². The Labute approximate surface area is 131 Å². The molecule has 3 rings (SSSR count). The number of rotatable bonds is 6. The van der Waals surface area contributed by atoms with E-state index in [1.807, 2.05) is 6.07 Å². The second kappa shape index (κ2) is 6.75. The number of likely N-dealkylation sites (tertiary alicyclic amines) is 1. The van der Waals surface area contributed by atoms with E-state index >= 15 is 0 Å². The predicted molar refractivity (Wildman–Crippen MR) is 86.7 cm³/mol. The molecular weight excluding hydrogens is 274 g/mol. The number of nitrogens with zero attached hydrogens (tertiary/aromatic N) is 1. The van der Waals surface area contributed by atoms with Crippen molar-refractivity contribution in [1.82, 2.24) is 4.90 Å². The zero-order valence-corrected chi connectivity index (χ0v) is 12.6. The van der Waals surface area contributed by atoms with Gasteiger partial charge in [0.05, 0.1) is 5.92 Å². The van der Waals surface area contributed by atoms with Crippen molar-refractivity contribution >= 4 is 5.97 Å². The van der Waals surface area contributed by atoms with Crippen LogP contribution < -0.4 is 0 Å². The van der Waals surface area contributed by atoms with Crippen LogP contribution in [-0.2, 0) is 24.2 Å². The molecule has 1 saturated heterocycles. The lowest BCUT2D eigenvalue weighted by atomic mass is 9.99. The Hall–Kier alpha value is -2.13. The van der Waals surface area contributed by atoms with Crippen LogP contribution in [0.4, 0.5) is 0 Å². The molecule has 2 aromatic rings. The smallest absolute Gasteiger partial charge is 0.309 e. The van der Waals surface area contributed by atoms with Gasteiger partial charge in [0.15, 0.2) is 0 Å². The highest BCUT2D eigenvalue weighted by Crippen LogP contribution is 2.19. The molecule has 1 fully saturated rings. The standard InChI is InChI=1S/C19H21NO2/c21-19(22)18-13-20(14-18)12-17-10-8-16(9-11-17)7-6-15-4-2-1-3-5-15/h1-5,8-11,18H,6-7,12-14H2,(H,21,22). The van der Waals surface area contributed by atoms with Crippen LogP contribution in [0.2, 0.25) is 0 Å². The summed E-state index contributed by atoms with van der Waals surface area (Å²) in [5.41, 5.74) is 3.97. The Kier molecular flexibility index (Phi) is 4.54. The lowest BCUT2D eigenvalue weighted by molar-refractivity contribution is -0.147. The molecule has 0 aromatic heterocycles. The Bertz CT molecular complexity index is 616. The number of aryl methyl sites for hydroxylation is 2. The van der Waals surface area contributed by atoms with Gasteiger partial charge in [-0.1, -0.05) is 54.6 Å². The van der Waals surface area contributed by atoms with Crippen LogP contribution in [0.3, 0.4) is 0 Å². The first-order valence-corrected chi connectivity index (χ1v) is 7.77. The van der Waals surface area contributed by atoms with E-state index in [2.05, 4.69) is 53.4 Å². The number of carboxylic acid groups (broad SMARTS) is 1. The minimum Gasteiger partial charge on any atom is -0.481 e. The molecule has 0 radical (unpaired) electrons. The lowest BCUT2D eigenvalue weighted by Crippen LogP contribution is -2.49. The summed E-state index contributed by atoms with van der Waals surface area (Å²) < 4.78 is 0. The molecule has 1 heterocycles. The van der Waals surface area contributed by atoms with Crippen LogP contribution in [0, 0.1) is 5.92 Å². The Balaban J connectivity index is 1.47. The van der Waals surface area contributed by atoms with Gasteiger partial charge in [-0.05, 0) is 29.5 Å². The summed E-state index contributed by atoms with van der Waals surface area (Å²) in [6.07, 6.45) is 2.11. The summed E-state index contributed by atoms with van der Waals surface area (Å²) in [6.45, 7) is 2.19. The maximum Gasteiger partial charge on any atom is 0.309 e. The molecule has 1 N–H and O–H groups in total. The van der Waals surface area contributed by atoms with Gasteiger partial charge in [0.1, 0.15) is 0 Å². The third kappa shape index (κ3) is 3.74. The van der Waals surface area contributed by atoms with Gasteiger partial charge in [-0.15, -0.1) is 0 Å². The molecule has 0 saturated carbocycles. The highest BCUT2D eigenvalue weighted by molar-refractivity contribution is 5.71. The van der Waals surface area contributed by atoms with Crippen molar-refractivity contribution in [2.24, 2.45) is 5.92 Å². The highest BCUT2D eigenvalue weighted by atomic mass is 16.4. The van der Waals surface area contributed by atoms with E-state index in [9.17, 15) is 4.79 Å². The van der Waals surface area contributed by atoms with E-state index in [1.165, 1.54) is 16.7 Å². The monoisotopic (exact) mass is 295 g/mol. The quantitative estimate of drug-likeness (QED) is 0.890. The van der Waals surface area contributed by atoms with Crippen molar-refractivity contribution in [1.29, 1.82) is 0 Å². The summed E-state index contributed by atoms with van der Waals surface area (Å²) in [5, 5.41) is 8.88. The van der Waals surface area contributed by atoms with E-state index in [0.29, 0.717) is 13.1 Å². The van der Waals surface area contributed by atoms with Crippen molar-refractivity contribution in [2.45, 2.75) is 19.4 Å². The predicted octanol–water partition coefficient (Wildman–Crippen LogP) is 2.99. The fraction of sp³-hybridized carbons (Fsp3) is 0.316. The van der Waals surface area contributed by atoms with E-state index in [-0.39, 0.29) is 5.92 Å². The molecular formula is C19H21NO2. The fourth-order valence-electron chi connectivity index (χ4n) is 2.86. The number of hydrogen-bond donors (Lipinski definition) is 1. The van der Waals surface area contributed by atoms with Crippen molar-refractivity contribution in [3.63, 3.8) is 0 Å². The largest absolute Gasteiger partial charge is 0.481 e. The van der Waals surface area contributed by atoms with Crippen LogP contribution in [0.1, 0.15) is 16.7 Å².